The van der Waals surface area contributed by atoms with E-state index in [4.69, 9.17) is 0 Å². The minimum atomic E-state index is -3.76. The minimum absolute atomic E-state index is 0.0289. The van der Waals surface area contributed by atoms with Gasteiger partial charge in [0.15, 0.2) is 0 Å². The molecule has 0 bridgehead atoms. The molecule has 0 aliphatic heterocycles. The van der Waals surface area contributed by atoms with Gasteiger partial charge in [0.05, 0.1) is 0 Å². The Kier molecular flexibility index (Phi) is 3.08. The van der Waals surface area contributed by atoms with Crippen LogP contribution >= 0.6 is 15.9 Å². The van der Waals surface area contributed by atoms with E-state index in [2.05, 4.69) is 20.7 Å². The van der Waals surface area contributed by atoms with Crippen LogP contribution in [0.3, 0.4) is 0 Å². The normalized spacial score (nSPS) is 22.5. The predicted octanol–water partition coefficient (Wildman–Crippen LogP) is 2.67. The Morgan fingerprint density at radius 2 is 2.06 bits per heavy atom. The first-order valence-electron chi connectivity index (χ1n) is 5.20. The molecule has 0 spiro atoms. The monoisotopic (exact) mass is 321 g/mol. The Bertz CT molecular complexity index is 557. The number of benzene rings is 1. The largest absolute Gasteiger partial charge is 0.243 e. The highest BCUT2D eigenvalue weighted by molar-refractivity contribution is 9.10. The molecule has 1 aromatic rings. The smallest absolute Gasteiger partial charge is 0.207 e. The molecule has 0 heterocycles. The molecule has 0 amide bonds. The summed E-state index contributed by atoms with van der Waals surface area (Å²) in [4.78, 5) is -0.302. The van der Waals surface area contributed by atoms with Gasteiger partial charge in [0.2, 0.25) is 10.0 Å². The van der Waals surface area contributed by atoms with E-state index in [1.54, 1.807) is 0 Å². The fraction of sp³-hybridized carbons (Fsp3) is 0.455. The van der Waals surface area contributed by atoms with E-state index in [1.807, 2.05) is 13.8 Å². The van der Waals surface area contributed by atoms with Gasteiger partial charge in [-0.25, -0.2) is 17.5 Å². The highest BCUT2D eigenvalue weighted by Gasteiger charge is 2.48. The van der Waals surface area contributed by atoms with Gasteiger partial charge in [0.25, 0.3) is 0 Å². The molecule has 0 radical (unpaired) electrons. The molecule has 1 aliphatic rings. The van der Waals surface area contributed by atoms with Gasteiger partial charge in [-0.3, -0.25) is 0 Å². The second-order valence-corrected chi connectivity index (χ2v) is 7.54. The Hall–Kier alpha value is -0.460. The summed E-state index contributed by atoms with van der Waals surface area (Å²) in [6.45, 7) is 3.94. The van der Waals surface area contributed by atoms with E-state index < -0.39 is 15.8 Å². The maximum atomic E-state index is 13.6. The standard InChI is InChI=1S/C11H13BrFNO2S/c1-11(2)6-10(11)14-17(15,16)9-4-3-7(12)5-8(9)13/h3-5,10,14H,6H2,1-2H3. The van der Waals surface area contributed by atoms with Crippen molar-refractivity contribution in [1.82, 2.24) is 4.72 Å². The third-order valence-corrected chi connectivity index (χ3v) is 4.99. The van der Waals surface area contributed by atoms with Crippen LogP contribution in [0.15, 0.2) is 27.6 Å². The van der Waals surface area contributed by atoms with Crippen molar-refractivity contribution in [3.8, 4) is 0 Å². The number of nitrogens with one attached hydrogen (secondary N) is 1. The van der Waals surface area contributed by atoms with Crippen LogP contribution in [0.4, 0.5) is 4.39 Å². The number of halogens is 2. The first-order valence-corrected chi connectivity index (χ1v) is 7.47. The summed E-state index contributed by atoms with van der Waals surface area (Å²) in [6, 6.07) is 3.81. The third-order valence-electron chi connectivity index (χ3n) is 2.99. The van der Waals surface area contributed by atoms with Crippen LogP contribution in [0.25, 0.3) is 0 Å². The van der Waals surface area contributed by atoms with E-state index in [0.29, 0.717) is 4.47 Å². The molecule has 1 aromatic carbocycles. The molecule has 1 unspecified atom stereocenters. The van der Waals surface area contributed by atoms with Crippen molar-refractivity contribution in [2.75, 3.05) is 0 Å². The number of sulfonamides is 1. The molecule has 0 aromatic heterocycles. The van der Waals surface area contributed by atoms with Gasteiger partial charge in [-0.2, -0.15) is 0 Å². The molecule has 2 rings (SSSR count). The van der Waals surface area contributed by atoms with Crippen molar-refractivity contribution in [1.29, 1.82) is 0 Å². The van der Waals surface area contributed by atoms with E-state index in [0.717, 1.165) is 12.5 Å². The summed E-state index contributed by atoms with van der Waals surface area (Å²) >= 11 is 3.09. The lowest BCUT2D eigenvalue weighted by atomic mass is 10.2. The summed E-state index contributed by atoms with van der Waals surface area (Å²) < 4.78 is 40.5. The fourth-order valence-electron chi connectivity index (χ4n) is 1.61. The summed E-state index contributed by atoms with van der Waals surface area (Å²) in [5, 5.41) is 0. The van der Waals surface area contributed by atoms with Crippen molar-refractivity contribution in [2.24, 2.45) is 5.41 Å². The molecule has 1 N–H and O–H groups in total. The quantitative estimate of drug-likeness (QED) is 0.930. The molecule has 1 saturated carbocycles. The summed E-state index contributed by atoms with van der Waals surface area (Å²) in [6.07, 6.45) is 0.782. The average molecular weight is 322 g/mol. The zero-order chi connectivity index (χ0) is 12.8. The summed E-state index contributed by atoms with van der Waals surface area (Å²) in [5.74, 6) is -0.745. The van der Waals surface area contributed by atoms with Crippen LogP contribution in [0.5, 0.6) is 0 Å². The first-order chi connectivity index (χ1) is 7.72. The van der Waals surface area contributed by atoms with Gasteiger partial charge in [-0.1, -0.05) is 29.8 Å². The first kappa shape index (κ1) is 13.0. The topological polar surface area (TPSA) is 46.2 Å². The minimum Gasteiger partial charge on any atom is -0.207 e. The van der Waals surface area contributed by atoms with Gasteiger partial charge in [-0.05, 0) is 30.0 Å². The Balaban J connectivity index is 2.26. The fourth-order valence-corrected chi connectivity index (χ4v) is 3.41. The lowest BCUT2D eigenvalue weighted by molar-refractivity contribution is 0.540. The molecule has 6 heteroatoms. The molecule has 3 nitrogen and oxygen atoms in total. The van der Waals surface area contributed by atoms with Crippen LogP contribution in [-0.4, -0.2) is 14.5 Å². The summed E-state index contributed by atoms with van der Waals surface area (Å²) in [7, 11) is -3.76. The number of hydrogen-bond donors (Lipinski definition) is 1. The van der Waals surface area contributed by atoms with Gasteiger partial charge in [0, 0.05) is 10.5 Å². The molecule has 94 valence electrons. The maximum absolute atomic E-state index is 13.6. The molecule has 1 fully saturated rings. The van der Waals surface area contributed by atoms with Gasteiger partial charge in [0.1, 0.15) is 10.7 Å². The van der Waals surface area contributed by atoms with Gasteiger partial charge < -0.3 is 0 Å². The van der Waals surface area contributed by atoms with Crippen molar-refractivity contribution in [3.05, 3.63) is 28.5 Å². The van der Waals surface area contributed by atoms with Crippen LogP contribution < -0.4 is 4.72 Å². The van der Waals surface area contributed by atoms with Crippen LogP contribution in [0.2, 0.25) is 0 Å². The highest BCUT2D eigenvalue weighted by atomic mass is 79.9. The van der Waals surface area contributed by atoms with E-state index in [9.17, 15) is 12.8 Å². The van der Waals surface area contributed by atoms with E-state index in [1.165, 1.54) is 12.1 Å². The van der Waals surface area contributed by atoms with E-state index in [-0.39, 0.29) is 16.4 Å². The third kappa shape index (κ3) is 2.69. The molecular formula is C11H13BrFNO2S. The SMILES string of the molecule is CC1(C)CC1NS(=O)(=O)c1ccc(Br)cc1F. The lowest BCUT2D eigenvalue weighted by Crippen LogP contribution is -2.29. The average Bonchev–Trinajstić information content (AvgIpc) is 2.70. The Morgan fingerprint density at radius 3 is 2.53 bits per heavy atom. The molecule has 0 saturated heterocycles. The number of rotatable bonds is 3. The van der Waals surface area contributed by atoms with Crippen molar-refractivity contribution in [3.63, 3.8) is 0 Å². The van der Waals surface area contributed by atoms with Crippen LogP contribution in [0.1, 0.15) is 20.3 Å². The molecular weight excluding hydrogens is 309 g/mol. The maximum Gasteiger partial charge on any atom is 0.243 e. The molecule has 17 heavy (non-hydrogen) atoms. The Morgan fingerprint density at radius 1 is 1.47 bits per heavy atom. The van der Waals surface area contributed by atoms with Crippen LogP contribution in [-0.2, 0) is 10.0 Å². The predicted molar refractivity (Wildman–Crippen MR) is 66.6 cm³/mol. The zero-order valence-corrected chi connectivity index (χ0v) is 11.9. The highest BCUT2D eigenvalue weighted by Crippen LogP contribution is 2.45. The molecule has 1 aliphatic carbocycles. The summed E-state index contributed by atoms with van der Waals surface area (Å²) in [5.41, 5.74) is -0.0289. The lowest BCUT2D eigenvalue weighted by Gasteiger charge is -2.09. The second-order valence-electron chi connectivity index (χ2n) is 4.94. The van der Waals surface area contributed by atoms with Crippen molar-refractivity contribution in [2.45, 2.75) is 31.2 Å². The second kappa shape index (κ2) is 4.03. The Labute approximate surface area is 109 Å². The number of hydrogen-bond acceptors (Lipinski definition) is 2. The zero-order valence-electron chi connectivity index (χ0n) is 9.50. The molecule has 1 atom stereocenters. The van der Waals surface area contributed by atoms with Crippen LogP contribution in [0, 0.1) is 11.2 Å². The van der Waals surface area contributed by atoms with Gasteiger partial charge >= 0.3 is 0 Å². The van der Waals surface area contributed by atoms with E-state index >= 15 is 0 Å². The van der Waals surface area contributed by atoms with Gasteiger partial charge in [-0.15, -0.1) is 0 Å². The van der Waals surface area contributed by atoms with Crippen molar-refractivity contribution >= 4 is 26.0 Å². The van der Waals surface area contributed by atoms with Crippen molar-refractivity contribution < 1.29 is 12.8 Å².